The van der Waals surface area contributed by atoms with Gasteiger partial charge in [-0.05, 0) is 20.3 Å². The van der Waals surface area contributed by atoms with Gasteiger partial charge in [0.15, 0.2) is 6.10 Å². The van der Waals surface area contributed by atoms with Gasteiger partial charge >= 0.3 is 0 Å². The van der Waals surface area contributed by atoms with Crippen LogP contribution in [0.5, 0.6) is 0 Å². The summed E-state index contributed by atoms with van der Waals surface area (Å²) in [6, 6.07) is 0. The molecule has 0 aromatic heterocycles. The van der Waals surface area contributed by atoms with Crippen molar-refractivity contribution in [3.63, 3.8) is 0 Å². The second-order valence-electron chi connectivity index (χ2n) is 3.21. The Morgan fingerprint density at radius 2 is 2.23 bits per heavy atom. The number of rotatable bonds is 4. The highest BCUT2D eigenvalue weighted by molar-refractivity contribution is 5.99. The molecule has 1 aliphatic rings. The Bertz CT molecular complexity index is 230. The molecule has 1 heterocycles. The lowest BCUT2D eigenvalue weighted by molar-refractivity contribution is -0.123. The molecule has 0 saturated carbocycles. The first-order valence-corrected chi connectivity index (χ1v) is 4.71. The van der Waals surface area contributed by atoms with Gasteiger partial charge in [0.1, 0.15) is 5.76 Å². The van der Waals surface area contributed by atoms with Gasteiger partial charge in [-0.3, -0.25) is 4.79 Å². The standard InChI is InChI=1S/C10H16O3/c1-4-5-6-12-10-8(3)13-7(2)9(10)11/h7H,4-6H2,1-3H3. The van der Waals surface area contributed by atoms with Crippen molar-refractivity contribution in [2.75, 3.05) is 6.61 Å². The van der Waals surface area contributed by atoms with Crippen LogP contribution in [0.4, 0.5) is 0 Å². The predicted molar refractivity (Wildman–Crippen MR) is 49.1 cm³/mol. The average Bonchev–Trinajstić information content (AvgIpc) is 2.32. The van der Waals surface area contributed by atoms with Crippen molar-refractivity contribution in [1.82, 2.24) is 0 Å². The van der Waals surface area contributed by atoms with E-state index in [1.165, 1.54) is 0 Å². The highest BCUT2D eigenvalue weighted by atomic mass is 16.5. The highest BCUT2D eigenvalue weighted by Gasteiger charge is 2.30. The Balaban J connectivity index is 2.48. The summed E-state index contributed by atoms with van der Waals surface area (Å²) in [6.45, 7) is 6.19. The zero-order chi connectivity index (χ0) is 9.84. The molecule has 3 heteroatoms. The van der Waals surface area contributed by atoms with Crippen LogP contribution >= 0.6 is 0 Å². The van der Waals surface area contributed by atoms with E-state index in [4.69, 9.17) is 9.47 Å². The molecule has 0 aromatic carbocycles. The van der Waals surface area contributed by atoms with Crippen LogP contribution in [0, 0.1) is 0 Å². The maximum absolute atomic E-state index is 11.4. The van der Waals surface area contributed by atoms with Crippen molar-refractivity contribution in [3.05, 3.63) is 11.5 Å². The van der Waals surface area contributed by atoms with Crippen LogP contribution < -0.4 is 0 Å². The Morgan fingerprint density at radius 3 is 2.69 bits per heavy atom. The summed E-state index contributed by atoms with van der Waals surface area (Å²) in [5.74, 6) is 1.00. The summed E-state index contributed by atoms with van der Waals surface area (Å²) in [4.78, 5) is 11.4. The lowest BCUT2D eigenvalue weighted by Crippen LogP contribution is -2.15. The minimum atomic E-state index is -0.364. The summed E-state index contributed by atoms with van der Waals surface area (Å²) < 4.78 is 10.6. The second kappa shape index (κ2) is 4.30. The number of ether oxygens (including phenoxy) is 2. The Morgan fingerprint density at radius 1 is 1.54 bits per heavy atom. The number of hydrogen-bond donors (Lipinski definition) is 0. The minimum Gasteiger partial charge on any atom is -0.487 e. The average molecular weight is 184 g/mol. The smallest absolute Gasteiger partial charge is 0.240 e. The monoisotopic (exact) mass is 184 g/mol. The fraction of sp³-hybridized carbons (Fsp3) is 0.700. The van der Waals surface area contributed by atoms with Gasteiger partial charge in [0, 0.05) is 0 Å². The van der Waals surface area contributed by atoms with Gasteiger partial charge in [0.2, 0.25) is 11.5 Å². The summed E-state index contributed by atoms with van der Waals surface area (Å²) in [6.07, 6.45) is 1.67. The molecule has 1 unspecified atom stereocenters. The Labute approximate surface area is 78.7 Å². The number of carbonyl (C=O) groups is 1. The number of allylic oxidation sites excluding steroid dienone is 1. The van der Waals surface area contributed by atoms with Crippen molar-refractivity contribution >= 4 is 5.78 Å². The van der Waals surface area contributed by atoms with Gasteiger partial charge in [0.25, 0.3) is 0 Å². The summed E-state index contributed by atoms with van der Waals surface area (Å²) in [5, 5.41) is 0. The Kier molecular flexibility index (Phi) is 3.34. The van der Waals surface area contributed by atoms with Gasteiger partial charge in [-0.25, -0.2) is 0 Å². The third kappa shape index (κ3) is 2.23. The van der Waals surface area contributed by atoms with Crippen molar-refractivity contribution < 1.29 is 14.3 Å². The zero-order valence-corrected chi connectivity index (χ0v) is 8.42. The van der Waals surface area contributed by atoms with Gasteiger partial charge < -0.3 is 9.47 Å². The fourth-order valence-corrected chi connectivity index (χ4v) is 1.22. The first kappa shape index (κ1) is 10.1. The van der Waals surface area contributed by atoms with E-state index >= 15 is 0 Å². The van der Waals surface area contributed by atoms with Crippen molar-refractivity contribution in [2.24, 2.45) is 0 Å². The number of ketones is 1. The molecular weight excluding hydrogens is 168 g/mol. The molecule has 0 spiro atoms. The molecule has 0 aliphatic carbocycles. The van der Waals surface area contributed by atoms with E-state index in [0.717, 1.165) is 12.8 Å². The van der Waals surface area contributed by atoms with Crippen LogP contribution in [-0.4, -0.2) is 18.5 Å². The number of hydrogen-bond acceptors (Lipinski definition) is 3. The number of carbonyl (C=O) groups excluding carboxylic acids is 1. The third-order valence-electron chi connectivity index (χ3n) is 2.01. The maximum atomic E-state index is 11.4. The van der Waals surface area contributed by atoms with E-state index in [9.17, 15) is 4.79 Å². The number of Topliss-reactive ketones (excluding diaryl/α,β-unsaturated/α-hetero) is 1. The van der Waals surface area contributed by atoms with Gasteiger partial charge in [0.05, 0.1) is 6.61 Å². The second-order valence-corrected chi connectivity index (χ2v) is 3.21. The maximum Gasteiger partial charge on any atom is 0.240 e. The van der Waals surface area contributed by atoms with Crippen molar-refractivity contribution in [1.29, 1.82) is 0 Å². The molecule has 0 radical (unpaired) electrons. The summed E-state index contributed by atoms with van der Waals surface area (Å²) in [7, 11) is 0. The van der Waals surface area contributed by atoms with Crippen LogP contribution in [0.1, 0.15) is 33.6 Å². The largest absolute Gasteiger partial charge is 0.487 e. The molecule has 1 aliphatic heterocycles. The van der Waals surface area contributed by atoms with Crippen LogP contribution in [0.3, 0.4) is 0 Å². The SMILES string of the molecule is CCCCOC1=C(C)OC(C)C1=O. The topological polar surface area (TPSA) is 35.5 Å². The molecule has 74 valence electrons. The molecule has 0 amide bonds. The van der Waals surface area contributed by atoms with E-state index < -0.39 is 0 Å². The van der Waals surface area contributed by atoms with Gasteiger partial charge in [-0.1, -0.05) is 13.3 Å². The van der Waals surface area contributed by atoms with E-state index in [1.807, 2.05) is 0 Å². The van der Waals surface area contributed by atoms with Crippen LogP contribution in [0.15, 0.2) is 11.5 Å². The first-order chi connectivity index (χ1) is 6.16. The lowest BCUT2D eigenvalue weighted by Gasteiger charge is -2.03. The van der Waals surface area contributed by atoms with E-state index in [-0.39, 0.29) is 11.9 Å². The molecule has 0 bridgehead atoms. The molecule has 3 nitrogen and oxygen atoms in total. The van der Waals surface area contributed by atoms with Gasteiger partial charge in [-0.2, -0.15) is 0 Å². The zero-order valence-electron chi connectivity index (χ0n) is 8.42. The van der Waals surface area contributed by atoms with Gasteiger partial charge in [-0.15, -0.1) is 0 Å². The molecule has 0 fully saturated rings. The summed E-state index contributed by atoms with van der Waals surface area (Å²) >= 11 is 0. The molecule has 1 atom stereocenters. The van der Waals surface area contributed by atoms with Crippen LogP contribution in [0.2, 0.25) is 0 Å². The quantitative estimate of drug-likeness (QED) is 0.627. The minimum absolute atomic E-state index is 0.0337. The molecule has 13 heavy (non-hydrogen) atoms. The summed E-state index contributed by atoms with van der Waals surface area (Å²) in [5.41, 5.74) is 0. The molecule has 0 aromatic rings. The molecule has 0 saturated heterocycles. The Hall–Kier alpha value is -0.990. The highest BCUT2D eigenvalue weighted by Crippen LogP contribution is 2.21. The predicted octanol–water partition coefficient (Wildman–Crippen LogP) is 2.02. The lowest BCUT2D eigenvalue weighted by atomic mass is 10.2. The van der Waals surface area contributed by atoms with Crippen LogP contribution in [0.25, 0.3) is 0 Å². The molecule has 1 rings (SSSR count). The molecular formula is C10H16O3. The number of unbranched alkanes of at least 4 members (excludes halogenated alkanes) is 1. The van der Waals surface area contributed by atoms with E-state index in [0.29, 0.717) is 18.1 Å². The van der Waals surface area contributed by atoms with E-state index in [2.05, 4.69) is 6.92 Å². The fourth-order valence-electron chi connectivity index (χ4n) is 1.22. The normalized spacial score (nSPS) is 22.1. The van der Waals surface area contributed by atoms with Crippen LogP contribution in [-0.2, 0) is 14.3 Å². The van der Waals surface area contributed by atoms with E-state index in [1.54, 1.807) is 13.8 Å². The first-order valence-electron chi connectivity index (χ1n) is 4.71. The van der Waals surface area contributed by atoms with Crippen molar-refractivity contribution in [2.45, 2.75) is 39.7 Å². The van der Waals surface area contributed by atoms with Crippen molar-refractivity contribution in [3.8, 4) is 0 Å². The third-order valence-corrected chi connectivity index (χ3v) is 2.01. The molecule has 0 N–H and O–H groups in total.